The van der Waals surface area contributed by atoms with E-state index in [1.165, 1.54) is 0 Å². The molecule has 2 N–H and O–H groups in total. The number of rotatable bonds is 2. The summed E-state index contributed by atoms with van der Waals surface area (Å²) >= 11 is 3.33. The molecule has 22 heavy (non-hydrogen) atoms. The summed E-state index contributed by atoms with van der Waals surface area (Å²) in [4.78, 5) is 29.6. The first kappa shape index (κ1) is 15.3. The van der Waals surface area contributed by atoms with E-state index in [-0.39, 0.29) is 17.9 Å². The van der Waals surface area contributed by atoms with E-state index in [1.54, 1.807) is 17.9 Å². The number of pyridine rings is 1. The van der Waals surface area contributed by atoms with Crippen molar-refractivity contribution in [1.82, 2.24) is 10.3 Å². The van der Waals surface area contributed by atoms with Gasteiger partial charge in [0.15, 0.2) is 0 Å². The van der Waals surface area contributed by atoms with E-state index in [1.807, 2.05) is 13.0 Å². The molecule has 0 spiro atoms. The summed E-state index contributed by atoms with van der Waals surface area (Å²) in [5.74, 6) is 0.387. The van der Waals surface area contributed by atoms with Crippen molar-refractivity contribution >= 4 is 33.6 Å². The minimum atomic E-state index is -1.07. The molecule has 1 aliphatic heterocycles. The quantitative estimate of drug-likeness (QED) is 0.787. The Morgan fingerprint density at radius 2 is 2.09 bits per heavy atom. The number of nitrogens with one attached hydrogen (secondary N) is 1. The van der Waals surface area contributed by atoms with Crippen molar-refractivity contribution < 1.29 is 14.7 Å². The Kier molecular flexibility index (Phi) is 3.84. The summed E-state index contributed by atoms with van der Waals surface area (Å²) < 4.78 is 0.629. The van der Waals surface area contributed by atoms with Crippen LogP contribution in [0.25, 0.3) is 0 Å². The molecule has 0 saturated heterocycles. The SMILES string of the molecule is CC(=O)N1c2ccc(Br)nc2[C@H](NC(=O)O)[C@@H](C)[C@H]1C1CC1. The zero-order valence-electron chi connectivity index (χ0n) is 12.4. The summed E-state index contributed by atoms with van der Waals surface area (Å²) in [5, 5.41) is 11.7. The zero-order chi connectivity index (χ0) is 16.0. The summed E-state index contributed by atoms with van der Waals surface area (Å²) in [6, 6.07) is 3.23. The van der Waals surface area contributed by atoms with Gasteiger partial charge in [0, 0.05) is 18.9 Å². The predicted molar refractivity (Wildman–Crippen MR) is 84.7 cm³/mol. The number of aromatic nitrogens is 1. The van der Waals surface area contributed by atoms with E-state index in [9.17, 15) is 9.59 Å². The van der Waals surface area contributed by atoms with Gasteiger partial charge in [0.05, 0.1) is 17.4 Å². The molecule has 2 aliphatic rings. The third-order valence-electron chi connectivity index (χ3n) is 4.51. The summed E-state index contributed by atoms with van der Waals surface area (Å²) in [6.45, 7) is 3.55. The highest BCUT2D eigenvalue weighted by molar-refractivity contribution is 9.10. The van der Waals surface area contributed by atoms with Gasteiger partial charge in [0.1, 0.15) is 4.60 Å². The number of hydrogen-bond donors (Lipinski definition) is 2. The maximum atomic E-state index is 12.2. The van der Waals surface area contributed by atoms with Crippen LogP contribution in [0.3, 0.4) is 0 Å². The third kappa shape index (κ3) is 2.58. The molecule has 2 heterocycles. The van der Waals surface area contributed by atoms with Crippen molar-refractivity contribution in [2.45, 2.75) is 38.8 Å². The van der Waals surface area contributed by atoms with E-state index in [0.29, 0.717) is 21.9 Å². The van der Waals surface area contributed by atoms with E-state index in [4.69, 9.17) is 5.11 Å². The van der Waals surface area contributed by atoms with Crippen LogP contribution in [0.15, 0.2) is 16.7 Å². The molecule has 1 aromatic rings. The minimum Gasteiger partial charge on any atom is -0.465 e. The molecular formula is C15H18BrN3O3. The number of carboxylic acid groups (broad SMARTS) is 1. The lowest BCUT2D eigenvalue weighted by atomic mass is 9.82. The second-order valence-corrected chi connectivity index (χ2v) is 6.85. The van der Waals surface area contributed by atoms with E-state index in [2.05, 4.69) is 26.2 Å². The highest BCUT2D eigenvalue weighted by Crippen LogP contribution is 2.48. The van der Waals surface area contributed by atoms with Gasteiger partial charge in [-0.1, -0.05) is 6.92 Å². The Bertz CT molecular complexity index is 632. The second-order valence-electron chi connectivity index (χ2n) is 6.04. The summed E-state index contributed by atoms with van der Waals surface area (Å²) in [6.07, 6.45) is 1.09. The fourth-order valence-electron chi connectivity index (χ4n) is 3.51. The lowest BCUT2D eigenvalue weighted by Crippen LogP contribution is -2.53. The molecule has 2 amide bonds. The first-order valence-electron chi connectivity index (χ1n) is 7.36. The predicted octanol–water partition coefficient (Wildman–Crippen LogP) is 2.93. The zero-order valence-corrected chi connectivity index (χ0v) is 14.0. The number of anilines is 1. The number of nitrogens with zero attached hydrogens (tertiary/aromatic N) is 2. The van der Waals surface area contributed by atoms with Gasteiger partial charge in [-0.15, -0.1) is 0 Å². The number of fused-ring (bicyclic) bond motifs is 1. The molecule has 7 heteroatoms. The smallest absolute Gasteiger partial charge is 0.405 e. The van der Waals surface area contributed by atoms with Gasteiger partial charge >= 0.3 is 6.09 Å². The van der Waals surface area contributed by atoms with Gasteiger partial charge in [-0.2, -0.15) is 0 Å². The lowest BCUT2D eigenvalue weighted by Gasteiger charge is -2.44. The lowest BCUT2D eigenvalue weighted by molar-refractivity contribution is -0.117. The van der Waals surface area contributed by atoms with Gasteiger partial charge in [-0.3, -0.25) is 4.79 Å². The fourth-order valence-corrected chi connectivity index (χ4v) is 3.83. The second kappa shape index (κ2) is 5.53. The molecule has 1 aromatic heterocycles. The molecule has 3 rings (SSSR count). The van der Waals surface area contributed by atoms with Crippen LogP contribution in [0.1, 0.15) is 38.4 Å². The van der Waals surface area contributed by atoms with Crippen molar-refractivity contribution in [2.24, 2.45) is 11.8 Å². The molecule has 0 unspecified atom stereocenters. The van der Waals surface area contributed by atoms with Gasteiger partial charge in [0.25, 0.3) is 0 Å². The standard InChI is InChI=1S/C15H18BrN3O3/c1-7-12(18-15(21)22)13-10(5-6-11(16)17-13)19(8(2)20)14(7)9-3-4-9/h5-7,9,12,14,18H,3-4H2,1-2H3,(H,21,22)/t7-,12-,14+/m1/s1. The highest BCUT2D eigenvalue weighted by Gasteiger charge is 2.48. The van der Waals surface area contributed by atoms with Crippen LogP contribution >= 0.6 is 15.9 Å². The highest BCUT2D eigenvalue weighted by atomic mass is 79.9. The Morgan fingerprint density at radius 3 is 2.64 bits per heavy atom. The molecular weight excluding hydrogens is 350 g/mol. The molecule has 3 atom stereocenters. The first-order chi connectivity index (χ1) is 10.4. The molecule has 1 fully saturated rings. The average molecular weight is 368 g/mol. The third-order valence-corrected chi connectivity index (χ3v) is 4.95. The number of carbonyl (C=O) groups excluding carboxylic acids is 1. The van der Waals surface area contributed by atoms with Crippen LogP contribution in [0.4, 0.5) is 10.5 Å². The Labute approximate surface area is 137 Å². The first-order valence-corrected chi connectivity index (χ1v) is 8.15. The van der Waals surface area contributed by atoms with Crippen LogP contribution < -0.4 is 10.2 Å². The van der Waals surface area contributed by atoms with Crippen LogP contribution in [-0.4, -0.2) is 28.1 Å². The Balaban J connectivity index is 2.13. The maximum absolute atomic E-state index is 12.2. The average Bonchev–Trinajstić information content (AvgIpc) is 3.25. The fraction of sp³-hybridized carbons (Fsp3) is 0.533. The number of halogens is 1. The van der Waals surface area contributed by atoms with Gasteiger partial charge in [0.2, 0.25) is 5.91 Å². The summed E-state index contributed by atoms with van der Waals surface area (Å²) in [7, 11) is 0. The molecule has 0 bridgehead atoms. The largest absolute Gasteiger partial charge is 0.465 e. The molecule has 6 nitrogen and oxygen atoms in total. The Hall–Kier alpha value is -1.63. The van der Waals surface area contributed by atoms with Crippen molar-refractivity contribution in [3.8, 4) is 0 Å². The maximum Gasteiger partial charge on any atom is 0.405 e. The minimum absolute atomic E-state index is 0.0184. The molecule has 0 aromatic carbocycles. The monoisotopic (exact) mass is 367 g/mol. The van der Waals surface area contributed by atoms with E-state index in [0.717, 1.165) is 12.8 Å². The number of hydrogen-bond acceptors (Lipinski definition) is 3. The molecule has 1 saturated carbocycles. The van der Waals surface area contributed by atoms with E-state index >= 15 is 0 Å². The topological polar surface area (TPSA) is 82.5 Å². The van der Waals surface area contributed by atoms with Crippen molar-refractivity contribution in [3.05, 3.63) is 22.4 Å². The van der Waals surface area contributed by atoms with Gasteiger partial charge in [-0.25, -0.2) is 9.78 Å². The molecule has 1 aliphatic carbocycles. The van der Waals surface area contributed by atoms with Gasteiger partial charge < -0.3 is 15.3 Å². The van der Waals surface area contributed by atoms with Crippen LogP contribution in [0.5, 0.6) is 0 Å². The molecule has 118 valence electrons. The van der Waals surface area contributed by atoms with Gasteiger partial charge in [-0.05, 0) is 46.8 Å². The van der Waals surface area contributed by atoms with Crippen molar-refractivity contribution in [2.75, 3.05) is 4.90 Å². The van der Waals surface area contributed by atoms with E-state index < -0.39 is 12.1 Å². The van der Waals surface area contributed by atoms with Crippen molar-refractivity contribution in [1.29, 1.82) is 0 Å². The number of carbonyl (C=O) groups is 2. The summed E-state index contributed by atoms with van der Waals surface area (Å²) in [5.41, 5.74) is 1.32. The Morgan fingerprint density at radius 1 is 1.41 bits per heavy atom. The van der Waals surface area contributed by atoms with Crippen LogP contribution in [0, 0.1) is 11.8 Å². The van der Waals surface area contributed by atoms with Crippen LogP contribution in [0.2, 0.25) is 0 Å². The molecule has 0 radical (unpaired) electrons. The van der Waals surface area contributed by atoms with Crippen LogP contribution in [-0.2, 0) is 4.79 Å². The normalized spacial score (nSPS) is 27.2. The van der Waals surface area contributed by atoms with Crippen molar-refractivity contribution in [3.63, 3.8) is 0 Å². The number of amides is 2.